The number of benzene rings is 1. The van der Waals surface area contributed by atoms with E-state index >= 15 is 0 Å². The number of thiophene rings is 1. The lowest BCUT2D eigenvalue weighted by atomic mass is 9.67. The van der Waals surface area contributed by atoms with Crippen LogP contribution in [0.4, 0.5) is 0 Å². The van der Waals surface area contributed by atoms with E-state index in [1.54, 1.807) is 11.3 Å². The predicted molar refractivity (Wildman–Crippen MR) is 90.8 cm³/mol. The SMILES string of the molecule is O[C@]1(c2ccccc2)CCC[C@@H]2CN(Cc3ccsc3)C[C@@H]21. The van der Waals surface area contributed by atoms with Crippen molar-refractivity contribution >= 4 is 11.3 Å². The number of hydrogen-bond acceptors (Lipinski definition) is 3. The van der Waals surface area contributed by atoms with Crippen LogP contribution in [0.5, 0.6) is 0 Å². The van der Waals surface area contributed by atoms with Gasteiger partial charge in [0.05, 0.1) is 5.60 Å². The lowest BCUT2D eigenvalue weighted by Crippen LogP contribution is -2.42. The van der Waals surface area contributed by atoms with Crippen LogP contribution >= 0.6 is 11.3 Å². The zero-order valence-electron chi connectivity index (χ0n) is 12.8. The molecule has 1 saturated carbocycles. The van der Waals surface area contributed by atoms with Crippen LogP contribution in [0.2, 0.25) is 0 Å². The van der Waals surface area contributed by atoms with E-state index in [0.29, 0.717) is 11.8 Å². The first kappa shape index (κ1) is 14.4. The second-order valence-electron chi connectivity index (χ2n) is 6.87. The second-order valence-corrected chi connectivity index (χ2v) is 7.65. The number of aliphatic hydroxyl groups is 1. The molecule has 1 aliphatic carbocycles. The molecule has 22 heavy (non-hydrogen) atoms. The fourth-order valence-electron chi connectivity index (χ4n) is 4.47. The van der Waals surface area contributed by atoms with Gasteiger partial charge in [-0.3, -0.25) is 4.90 Å². The van der Waals surface area contributed by atoms with E-state index in [1.807, 2.05) is 6.07 Å². The first-order valence-corrected chi connectivity index (χ1v) is 9.21. The fraction of sp³-hybridized carbons (Fsp3) is 0.474. The maximum Gasteiger partial charge on any atom is 0.0939 e. The van der Waals surface area contributed by atoms with E-state index in [9.17, 15) is 5.11 Å². The van der Waals surface area contributed by atoms with Gasteiger partial charge < -0.3 is 5.11 Å². The molecule has 0 bridgehead atoms. The standard InChI is InChI=1S/C19H23NOS/c21-19(17-6-2-1-3-7-17)9-4-5-16-12-20(13-18(16)19)11-15-8-10-22-14-15/h1-3,6-8,10,14,16,18,21H,4-5,9,11-13H2/t16-,18+,19+/m1/s1. The van der Waals surface area contributed by atoms with Crippen molar-refractivity contribution in [1.82, 2.24) is 4.90 Å². The minimum atomic E-state index is -0.631. The molecule has 1 aromatic heterocycles. The van der Waals surface area contributed by atoms with Crippen molar-refractivity contribution in [1.29, 1.82) is 0 Å². The molecule has 2 heterocycles. The Morgan fingerprint density at radius 2 is 2.05 bits per heavy atom. The Balaban J connectivity index is 1.56. The normalized spacial score (nSPS) is 32.0. The summed E-state index contributed by atoms with van der Waals surface area (Å²) in [5, 5.41) is 15.8. The van der Waals surface area contributed by atoms with Crippen LogP contribution in [-0.4, -0.2) is 23.1 Å². The summed E-state index contributed by atoms with van der Waals surface area (Å²) in [6.07, 6.45) is 3.31. The van der Waals surface area contributed by atoms with Crippen LogP contribution in [0.25, 0.3) is 0 Å². The molecule has 116 valence electrons. The van der Waals surface area contributed by atoms with Gasteiger partial charge in [0.25, 0.3) is 0 Å². The van der Waals surface area contributed by atoms with Gasteiger partial charge in [0, 0.05) is 25.6 Å². The van der Waals surface area contributed by atoms with Gasteiger partial charge in [-0.15, -0.1) is 0 Å². The molecule has 0 unspecified atom stereocenters. The van der Waals surface area contributed by atoms with Crippen molar-refractivity contribution in [3.05, 3.63) is 58.3 Å². The van der Waals surface area contributed by atoms with Crippen molar-refractivity contribution in [2.75, 3.05) is 13.1 Å². The number of likely N-dealkylation sites (tertiary alicyclic amines) is 1. The van der Waals surface area contributed by atoms with Gasteiger partial charge in [0.1, 0.15) is 0 Å². The minimum Gasteiger partial charge on any atom is -0.385 e. The summed E-state index contributed by atoms with van der Waals surface area (Å²) in [5.41, 5.74) is 1.89. The van der Waals surface area contributed by atoms with Gasteiger partial charge in [-0.25, -0.2) is 0 Å². The average molecular weight is 313 g/mol. The molecule has 0 amide bonds. The number of hydrogen-bond donors (Lipinski definition) is 1. The molecule has 2 aromatic rings. The van der Waals surface area contributed by atoms with E-state index in [2.05, 4.69) is 46.0 Å². The highest BCUT2D eigenvalue weighted by Crippen LogP contribution is 2.48. The van der Waals surface area contributed by atoms with Crippen LogP contribution in [-0.2, 0) is 12.1 Å². The molecular formula is C19H23NOS. The third-order valence-corrected chi connectivity index (χ3v) is 6.25. The molecular weight excluding hydrogens is 290 g/mol. The topological polar surface area (TPSA) is 23.5 Å². The van der Waals surface area contributed by atoms with Crippen molar-refractivity contribution in [2.45, 2.75) is 31.4 Å². The van der Waals surface area contributed by atoms with Crippen LogP contribution in [0, 0.1) is 11.8 Å². The molecule has 1 aromatic carbocycles. The lowest BCUT2D eigenvalue weighted by Gasteiger charge is -2.41. The van der Waals surface area contributed by atoms with Gasteiger partial charge in [-0.2, -0.15) is 11.3 Å². The summed E-state index contributed by atoms with van der Waals surface area (Å²) in [5.74, 6) is 1.01. The highest BCUT2D eigenvalue weighted by atomic mass is 32.1. The second kappa shape index (κ2) is 5.80. The minimum absolute atomic E-state index is 0.377. The molecule has 4 rings (SSSR count). The highest BCUT2D eigenvalue weighted by molar-refractivity contribution is 7.07. The van der Waals surface area contributed by atoms with Crippen molar-refractivity contribution in [3.8, 4) is 0 Å². The molecule has 2 aliphatic rings. The number of nitrogens with zero attached hydrogens (tertiary/aromatic N) is 1. The molecule has 0 spiro atoms. The van der Waals surface area contributed by atoms with Gasteiger partial charge in [-0.05, 0) is 53.1 Å². The number of fused-ring (bicyclic) bond motifs is 1. The summed E-state index contributed by atoms with van der Waals surface area (Å²) in [6, 6.07) is 12.6. The molecule has 1 N–H and O–H groups in total. The van der Waals surface area contributed by atoms with Crippen LogP contribution < -0.4 is 0 Å². The van der Waals surface area contributed by atoms with Crippen LogP contribution in [0.3, 0.4) is 0 Å². The largest absolute Gasteiger partial charge is 0.385 e. The summed E-state index contributed by atoms with van der Waals surface area (Å²) in [4.78, 5) is 2.54. The quantitative estimate of drug-likeness (QED) is 0.930. The first-order chi connectivity index (χ1) is 10.8. The molecule has 3 heteroatoms. The Labute approximate surface area is 136 Å². The molecule has 3 atom stereocenters. The fourth-order valence-corrected chi connectivity index (χ4v) is 5.13. The maximum absolute atomic E-state index is 11.4. The average Bonchev–Trinajstić information content (AvgIpc) is 3.19. The van der Waals surface area contributed by atoms with E-state index < -0.39 is 5.60 Å². The monoisotopic (exact) mass is 313 g/mol. The molecule has 2 nitrogen and oxygen atoms in total. The Kier molecular flexibility index (Phi) is 3.81. The maximum atomic E-state index is 11.4. The summed E-state index contributed by atoms with van der Waals surface area (Å²) in [7, 11) is 0. The highest BCUT2D eigenvalue weighted by Gasteiger charge is 2.49. The Hall–Kier alpha value is -1.16. The van der Waals surface area contributed by atoms with Gasteiger partial charge in [0.2, 0.25) is 0 Å². The number of rotatable bonds is 3. The predicted octanol–water partition coefficient (Wildman–Crippen LogP) is 3.87. The van der Waals surface area contributed by atoms with Gasteiger partial charge >= 0.3 is 0 Å². The lowest BCUT2D eigenvalue weighted by molar-refractivity contribution is -0.0648. The van der Waals surface area contributed by atoms with Crippen molar-refractivity contribution in [2.24, 2.45) is 11.8 Å². The molecule has 1 saturated heterocycles. The Morgan fingerprint density at radius 1 is 1.18 bits per heavy atom. The van der Waals surface area contributed by atoms with E-state index in [4.69, 9.17) is 0 Å². The smallest absolute Gasteiger partial charge is 0.0939 e. The van der Waals surface area contributed by atoms with E-state index in [0.717, 1.165) is 38.0 Å². The van der Waals surface area contributed by atoms with Crippen molar-refractivity contribution in [3.63, 3.8) is 0 Å². The van der Waals surface area contributed by atoms with Crippen LogP contribution in [0.15, 0.2) is 47.2 Å². The Bertz CT molecular complexity index is 612. The summed E-state index contributed by atoms with van der Waals surface area (Å²) < 4.78 is 0. The van der Waals surface area contributed by atoms with E-state index in [-0.39, 0.29) is 0 Å². The first-order valence-electron chi connectivity index (χ1n) is 8.27. The zero-order chi connectivity index (χ0) is 15.0. The molecule has 2 fully saturated rings. The van der Waals surface area contributed by atoms with E-state index in [1.165, 1.54) is 12.0 Å². The zero-order valence-corrected chi connectivity index (χ0v) is 13.6. The Morgan fingerprint density at radius 3 is 2.82 bits per heavy atom. The molecule has 1 aliphatic heterocycles. The third-order valence-electron chi connectivity index (χ3n) is 5.52. The van der Waals surface area contributed by atoms with Crippen LogP contribution in [0.1, 0.15) is 30.4 Å². The van der Waals surface area contributed by atoms with Crippen molar-refractivity contribution < 1.29 is 5.11 Å². The summed E-state index contributed by atoms with van der Waals surface area (Å²) >= 11 is 1.77. The van der Waals surface area contributed by atoms with Gasteiger partial charge in [-0.1, -0.05) is 30.3 Å². The third kappa shape index (κ3) is 2.51. The van der Waals surface area contributed by atoms with Gasteiger partial charge in [0.15, 0.2) is 0 Å². The molecule has 0 radical (unpaired) electrons. The summed E-state index contributed by atoms with van der Waals surface area (Å²) in [6.45, 7) is 3.18.